The van der Waals surface area contributed by atoms with E-state index in [1.165, 1.54) is 0 Å². The molecule has 3 aromatic carbocycles. The number of hydrogen-bond donors (Lipinski definition) is 9. The zero-order valence-corrected chi connectivity index (χ0v) is 40.7. The molecule has 3 aromatic rings. The predicted molar refractivity (Wildman–Crippen MR) is 252 cm³/mol. The van der Waals surface area contributed by atoms with Crippen LogP contribution in [0.4, 0.5) is 14.4 Å². The van der Waals surface area contributed by atoms with Crippen LogP contribution in [0.25, 0.3) is 0 Å². The van der Waals surface area contributed by atoms with E-state index in [1.807, 2.05) is 18.2 Å². The molecule has 21 heteroatoms. The van der Waals surface area contributed by atoms with Crippen molar-refractivity contribution < 1.29 is 87.7 Å². The van der Waals surface area contributed by atoms with Gasteiger partial charge in [0.25, 0.3) is 0 Å². The SMILES string of the molecule is CCC1OC(OC2C(CC)OC(OC3C(O)C(NC(=O)OCc4ccccc4)CC(C)C3OC3OC(CC)C(O)C(O)C3NC(=O)OCc3ccccc3)C2O)C(NC(=O)OCc2ccccc2)C(O)C1O. The molecule has 1 saturated carbocycles. The van der Waals surface area contributed by atoms with Crippen molar-refractivity contribution in [1.82, 2.24) is 16.0 Å². The molecule has 9 N–H and O–H groups in total. The Kier molecular flexibility index (Phi) is 19.6. The predicted octanol–water partition coefficient (Wildman–Crippen LogP) is 2.64. The normalized spacial score (nSPS) is 35.7. The zero-order chi connectivity index (χ0) is 51.5. The molecule has 396 valence electrons. The number of carbonyl (C=O) groups is 3. The van der Waals surface area contributed by atoms with Crippen LogP contribution in [0.2, 0.25) is 0 Å². The number of carbonyl (C=O) groups excluding carboxylic acids is 3. The molecule has 19 atom stereocenters. The maximum atomic E-state index is 13.3. The second kappa shape index (κ2) is 25.8. The van der Waals surface area contributed by atoms with Gasteiger partial charge in [-0.25, -0.2) is 14.4 Å². The molecule has 4 fully saturated rings. The minimum absolute atomic E-state index is 0.0580. The third-order valence-corrected chi connectivity index (χ3v) is 13.5. The summed E-state index contributed by atoms with van der Waals surface area (Å²) in [7, 11) is 0. The summed E-state index contributed by atoms with van der Waals surface area (Å²) < 4.78 is 54.5. The largest absolute Gasteiger partial charge is 0.445 e. The van der Waals surface area contributed by atoms with Crippen molar-refractivity contribution in [2.24, 2.45) is 5.92 Å². The van der Waals surface area contributed by atoms with Gasteiger partial charge in [0.15, 0.2) is 18.9 Å². The number of rotatable bonds is 18. The van der Waals surface area contributed by atoms with Crippen molar-refractivity contribution >= 4 is 18.3 Å². The zero-order valence-electron chi connectivity index (χ0n) is 40.7. The summed E-state index contributed by atoms with van der Waals surface area (Å²) in [4.78, 5) is 39.6. The fraction of sp³-hybridized carbons (Fsp3) is 0.588. The minimum Gasteiger partial charge on any atom is -0.445 e. The summed E-state index contributed by atoms with van der Waals surface area (Å²) in [5.74, 6) is -0.605. The summed E-state index contributed by atoms with van der Waals surface area (Å²) in [6.45, 7) is 6.72. The highest BCUT2D eigenvalue weighted by molar-refractivity contribution is 5.68. The number of nitrogens with one attached hydrogen (secondary N) is 3. The van der Waals surface area contributed by atoms with Gasteiger partial charge in [-0.15, -0.1) is 0 Å². The third kappa shape index (κ3) is 13.6. The van der Waals surface area contributed by atoms with Gasteiger partial charge in [0.2, 0.25) is 0 Å². The lowest BCUT2D eigenvalue weighted by atomic mass is 9.80. The van der Waals surface area contributed by atoms with E-state index in [4.69, 9.17) is 42.6 Å². The number of amides is 3. The number of aliphatic hydroxyl groups is 6. The molecule has 0 spiro atoms. The molecule has 19 unspecified atom stereocenters. The van der Waals surface area contributed by atoms with Gasteiger partial charge >= 0.3 is 18.3 Å². The van der Waals surface area contributed by atoms with Crippen molar-refractivity contribution in [3.8, 4) is 0 Å². The smallest absolute Gasteiger partial charge is 0.407 e. The molecule has 7 rings (SSSR count). The standard InChI is InChI=1S/C51H69N3O18/c1-5-32-38(56)40(58)35(53-50(62)65-25-29-19-13-9-14-20-29)46(67-32)70-43-27(4)23-31(52-49(61)64-24-28-17-11-8-12-18-28)37(55)45(43)72-48-42(60)44(34(7-3)69-48)71-47-36(41(59)39(57)33(6-2)68-47)54-51(63)66-26-30-21-15-10-16-22-30/h8-22,27,31-48,55-60H,5-7,23-26H2,1-4H3,(H,52,61)(H,53,62)(H,54,63). The van der Waals surface area contributed by atoms with Crippen molar-refractivity contribution in [3.05, 3.63) is 108 Å². The maximum Gasteiger partial charge on any atom is 0.407 e. The van der Waals surface area contributed by atoms with Crippen LogP contribution < -0.4 is 16.0 Å². The molecule has 0 radical (unpaired) electrons. The van der Waals surface area contributed by atoms with Crippen LogP contribution in [-0.2, 0) is 62.5 Å². The Balaban J connectivity index is 1.11. The topological polar surface area (TPSA) is 292 Å². The average molecular weight is 1010 g/mol. The first-order valence-corrected chi connectivity index (χ1v) is 24.6. The van der Waals surface area contributed by atoms with Gasteiger partial charge in [0.1, 0.15) is 80.7 Å². The van der Waals surface area contributed by atoms with E-state index in [1.54, 1.807) is 100 Å². The Morgan fingerprint density at radius 3 is 1.26 bits per heavy atom. The maximum absolute atomic E-state index is 13.3. The molecule has 3 aliphatic heterocycles. The van der Waals surface area contributed by atoms with Crippen LogP contribution in [0.5, 0.6) is 0 Å². The molecule has 0 aromatic heterocycles. The highest BCUT2D eigenvalue weighted by Crippen LogP contribution is 2.38. The van der Waals surface area contributed by atoms with Crippen LogP contribution in [0.3, 0.4) is 0 Å². The van der Waals surface area contributed by atoms with Crippen LogP contribution in [0.15, 0.2) is 91.0 Å². The Labute approximate surface area is 417 Å². The highest BCUT2D eigenvalue weighted by Gasteiger charge is 2.55. The lowest BCUT2D eigenvalue weighted by Crippen LogP contribution is -2.67. The molecule has 72 heavy (non-hydrogen) atoms. The van der Waals surface area contributed by atoms with Crippen molar-refractivity contribution in [2.75, 3.05) is 0 Å². The van der Waals surface area contributed by atoms with Gasteiger partial charge in [-0.05, 0) is 48.3 Å². The summed E-state index contributed by atoms with van der Waals surface area (Å²) in [5, 5.41) is 77.0. The number of hydrogen-bond acceptors (Lipinski definition) is 18. The first kappa shape index (κ1) is 54.8. The van der Waals surface area contributed by atoms with Gasteiger partial charge < -0.3 is 89.2 Å². The Bertz CT molecular complexity index is 2150. The van der Waals surface area contributed by atoms with Crippen LogP contribution in [0.1, 0.15) is 70.1 Å². The molecule has 3 heterocycles. The van der Waals surface area contributed by atoms with Gasteiger partial charge in [-0.3, -0.25) is 0 Å². The second-order valence-electron chi connectivity index (χ2n) is 18.6. The third-order valence-electron chi connectivity index (χ3n) is 13.5. The Morgan fingerprint density at radius 2 is 0.847 bits per heavy atom. The summed E-state index contributed by atoms with van der Waals surface area (Å²) >= 11 is 0. The Hall–Kier alpha value is -5.01. The molecule has 21 nitrogen and oxygen atoms in total. The van der Waals surface area contributed by atoms with E-state index in [0.717, 1.165) is 5.56 Å². The fourth-order valence-corrected chi connectivity index (χ4v) is 9.51. The molecule has 4 aliphatic rings. The first-order chi connectivity index (χ1) is 34.7. The number of benzene rings is 3. The summed E-state index contributed by atoms with van der Waals surface area (Å²) in [6, 6.07) is 23.0. The van der Waals surface area contributed by atoms with Gasteiger partial charge in [0, 0.05) is 0 Å². The van der Waals surface area contributed by atoms with Crippen LogP contribution in [0, 0.1) is 5.92 Å². The van der Waals surface area contributed by atoms with E-state index in [9.17, 15) is 45.0 Å². The first-order valence-electron chi connectivity index (χ1n) is 24.6. The molecular weight excluding hydrogens is 943 g/mol. The van der Waals surface area contributed by atoms with E-state index in [0.29, 0.717) is 11.1 Å². The number of ether oxygens (including phenoxy) is 9. The van der Waals surface area contributed by atoms with E-state index >= 15 is 0 Å². The summed E-state index contributed by atoms with van der Waals surface area (Å²) in [5.41, 5.74) is 2.13. The second-order valence-corrected chi connectivity index (χ2v) is 18.6. The number of aliphatic hydroxyl groups excluding tert-OH is 6. The average Bonchev–Trinajstić information content (AvgIpc) is 3.69. The lowest BCUT2D eigenvalue weighted by Gasteiger charge is -2.48. The molecule has 3 saturated heterocycles. The van der Waals surface area contributed by atoms with Crippen LogP contribution in [-0.4, -0.2) is 159 Å². The monoisotopic (exact) mass is 1010 g/mol. The Morgan fingerprint density at radius 1 is 0.472 bits per heavy atom. The van der Waals surface area contributed by atoms with Crippen molar-refractivity contribution in [3.63, 3.8) is 0 Å². The van der Waals surface area contributed by atoms with Gasteiger partial charge in [-0.2, -0.15) is 0 Å². The highest BCUT2D eigenvalue weighted by atomic mass is 16.8. The molecule has 3 amide bonds. The summed E-state index contributed by atoms with van der Waals surface area (Å²) in [6.07, 6.45) is -22.4. The van der Waals surface area contributed by atoms with Gasteiger partial charge in [0.05, 0.1) is 30.5 Å². The van der Waals surface area contributed by atoms with Crippen molar-refractivity contribution in [2.45, 2.75) is 183 Å². The van der Waals surface area contributed by atoms with E-state index in [-0.39, 0.29) is 45.5 Å². The lowest BCUT2D eigenvalue weighted by molar-refractivity contribution is -0.315. The molecule has 0 bridgehead atoms. The van der Waals surface area contributed by atoms with Crippen LogP contribution >= 0.6 is 0 Å². The number of alkyl carbamates (subject to hydrolysis) is 3. The van der Waals surface area contributed by atoms with Gasteiger partial charge in [-0.1, -0.05) is 119 Å². The fourth-order valence-electron chi connectivity index (χ4n) is 9.51. The minimum atomic E-state index is -1.64. The molecule has 1 aliphatic carbocycles. The van der Waals surface area contributed by atoms with E-state index < -0.39 is 134 Å². The quantitative estimate of drug-likeness (QED) is 0.0828. The molecular formula is C51H69N3O18. The van der Waals surface area contributed by atoms with Crippen molar-refractivity contribution in [1.29, 1.82) is 0 Å². The van der Waals surface area contributed by atoms with E-state index in [2.05, 4.69) is 16.0 Å².